The SMILES string of the molecule is CNCC(=O)Nc1ccc(OC)cc1C.Cl. The van der Waals surface area contributed by atoms with Crippen LogP contribution < -0.4 is 15.4 Å². The monoisotopic (exact) mass is 244 g/mol. The highest BCUT2D eigenvalue weighted by atomic mass is 35.5. The van der Waals surface area contributed by atoms with Crippen LogP contribution >= 0.6 is 12.4 Å². The second-order valence-electron chi connectivity index (χ2n) is 3.26. The van der Waals surface area contributed by atoms with E-state index in [-0.39, 0.29) is 18.3 Å². The van der Waals surface area contributed by atoms with Crippen molar-refractivity contribution in [1.29, 1.82) is 0 Å². The number of likely N-dealkylation sites (N-methyl/N-ethyl adjacent to an activating group) is 1. The minimum absolute atomic E-state index is 0. The Labute approximate surface area is 102 Å². The smallest absolute Gasteiger partial charge is 0.238 e. The predicted octanol–water partition coefficient (Wildman–Crippen LogP) is 1.58. The van der Waals surface area contributed by atoms with Crippen LogP contribution in [0.15, 0.2) is 18.2 Å². The fourth-order valence-corrected chi connectivity index (χ4v) is 1.26. The maximum absolute atomic E-state index is 11.3. The van der Waals surface area contributed by atoms with Gasteiger partial charge < -0.3 is 15.4 Å². The third-order valence-corrected chi connectivity index (χ3v) is 2.04. The first-order chi connectivity index (χ1) is 7.17. The van der Waals surface area contributed by atoms with E-state index in [1.807, 2.05) is 25.1 Å². The van der Waals surface area contributed by atoms with E-state index >= 15 is 0 Å². The summed E-state index contributed by atoms with van der Waals surface area (Å²) in [5.74, 6) is 0.741. The molecule has 0 aliphatic carbocycles. The first kappa shape index (κ1) is 14.7. The molecule has 0 spiro atoms. The fourth-order valence-electron chi connectivity index (χ4n) is 1.26. The van der Waals surface area contributed by atoms with Crippen molar-refractivity contribution in [1.82, 2.24) is 5.32 Å². The van der Waals surface area contributed by atoms with E-state index in [0.29, 0.717) is 6.54 Å². The average molecular weight is 245 g/mol. The largest absolute Gasteiger partial charge is 0.497 e. The van der Waals surface area contributed by atoms with Gasteiger partial charge in [0.05, 0.1) is 13.7 Å². The van der Waals surface area contributed by atoms with E-state index in [0.717, 1.165) is 17.0 Å². The predicted molar refractivity (Wildman–Crippen MR) is 67.5 cm³/mol. The molecule has 4 nitrogen and oxygen atoms in total. The van der Waals surface area contributed by atoms with Crippen molar-refractivity contribution >= 4 is 24.0 Å². The summed E-state index contributed by atoms with van der Waals surface area (Å²) in [4.78, 5) is 11.3. The number of nitrogens with one attached hydrogen (secondary N) is 2. The molecule has 0 aliphatic heterocycles. The van der Waals surface area contributed by atoms with Gasteiger partial charge in [0, 0.05) is 5.69 Å². The summed E-state index contributed by atoms with van der Waals surface area (Å²) < 4.78 is 5.08. The lowest BCUT2D eigenvalue weighted by Crippen LogP contribution is -2.25. The zero-order chi connectivity index (χ0) is 11.3. The summed E-state index contributed by atoms with van der Waals surface area (Å²) in [6.07, 6.45) is 0. The molecular formula is C11H17ClN2O2. The maximum Gasteiger partial charge on any atom is 0.238 e. The highest BCUT2D eigenvalue weighted by Gasteiger charge is 2.04. The first-order valence-corrected chi connectivity index (χ1v) is 4.76. The van der Waals surface area contributed by atoms with Gasteiger partial charge in [0.2, 0.25) is 5.91 Å². The Bertz CT molecular complexity index is 356. The van der Waals surface area contributed by atoms with Crippen LogP contribution in [0.3, 0.4) is 0 Å². The Hall–Kier alpha value is -1.26. The number of carbonyl (C=O) groups is 1. The van der Waals surface area contributed by atoms with E-state index in [2.05, 4.69) is 10.6 Å². The van der Waals surface area contributed by atoms with Crippen LogP contribution in [0.5, 0.6) is 5.75 Å². The summed E-state index contributed by atoms with van der Waals surface area (Å²) in [7, 11) is 3.36. The second kappa shape index (κ2) is 7.09. The lowest BCUT2D eigenvalue weighted by atomic mass is 10.2. The first-order valence-electron chi connectivity index (χ1n) is 4.76. The summed E-state index contributed by atoms with van der Waals surface area (Å²) >= 11 is 0. The van der Waals surface area contributed by atoms with Crippen molar-refractivity contribution < 1.29 is 9.53 Å². The zero-order valence-corrected chi connectivity index (χ0v) is 10.5. The van der Waals surface area contributed by atoms with Gasteiger partial charge in [-0.05, 0) is 37.7 Å². The number of aryl methyl sites for hydroxylation is 1. The van der Waals surface area contributed by atoms with Gasteiger partial charge in [-0.3, -0.25) is 4.79 Å². The van der Waals surface area contributed by atoms with E-state index in [4.69, 9.17) is 4.74 Å². The van der Waals surface area contributed by atoms with Gasteiger partial charge in [-0.15, -0.1) is 12.4 Å². The minimum Gasteiger partial charge on any atom is -0.497 e. The van der Waals surface area contributed by atoms with E-state index in [9.17, 15) is 4.79 Å². The average Bonchev–Trinajstić information content (AvgIpc) is 2.21. The van der Waals surface area contributed by atoms with Crippen molar-refractivity contribution in [2.75, 3.05) is 26.0 Å². The number of rotatable bonds is 4. The number of benzene rings is 1. The normalized spacial score (nSPS) is 9.19. The lowest BCUT2D eigenvalue weighted by Gasteiger charge is -2.09. The third kappa shape index (κ3) is 4.08. The number of ether oxygens (including phenoxy) is 1. The van der Waals surface area contributed by atoms with Crippen molar-refractivity contribution in [2.24, 2.45) is 0 Å². The molecule has 0 heterocycles. The van der Waals surface area contributed by atoms with Crippen LogP contribution in [-0.2, 0) is 4.79 Å². The van der Waals surface area contributed by atoms with Crippen LogP contribution in [0.2, 0.25) is 0 Å². The molecule has 0 aliphatic rings. The maximum atomic E-state index is 11.3. The molecule has 0 saturated heterocycles. The molecule has 16 heavy (non-hydrogen) atoms. The molecule has 0 fully saturated rings. The van der Waals surface area contributed by atoms with E-state index < -0.39 is 0 Å². The number of hydrogen-bond acceptors (Lipinski definition) is 3. The molecule has 0 aromatic heterocycles. The van der Waals surface area contributed by atoms with Crippen molar-refractivity contribution in [3.63, 3.8) is 0 Å². The van der Waals surface area contributed by atoms with Gasteiger partial charge in [-0.2, -0.15) is 0 Å². The summed E-state index contributed by atoms with van der Waals surface area (Å²) in [6.45, 7) is 2.24. The van der Waals surface area contributed by atoms with Crippen LogP contribution in [0.1, 0.15) is 5.56 Å². The van der Waals surface area contributed by atoms with Gasteiger partial charge in [0.25, 0.3) is 0 Å². The molecule has 5 heteroatoms. The molecule has 1 aromatic carbocycles. The second-order valence-corrected chi connectivity index (χ2v) is 3.26. The molecular weight excluding hydrogens is 228 g/mol. The molecule has 0 saturated carbocycles. The molecule has 0 atom stereocenters. The molecule has 90 valence electrons. The highest BCUT2D eigenvalue weighted by molar-refractivity contribution is 5.93. The lowest BCUT2D eigenvalue weighted by molar-refractivity contribution is -0.115. The Kier molecular flexibility index (Phi) is 6.53. The van der Waals surface area contributed by atoms with E-state index in [1.54, 1.807) is 14.2 Å². The molecule has 1 aromatic rings. The van der Waals surface area contributed by atoms with Crippen molar-refractivity contribution in [3.8, 4) is 5.75 Å². The topological polar surface area (TPSA) is 50.4 Å². The van der Waals surface area contributed by atoms with Gasteiger partial charge in [-0.1, -0.05) is 0 Å². The highest BCUT2D eigenvalue weighted by Crippen LogP contribution is 2.20. The molecule has 0 radical (unpaired) electrons. The van der Waals surface area contributed by atoms with Crippen LogP contribution in [0.4, 0.5) is 5.69 Å². The Morgan fingerprint density at radius 2 is 2.12 bits per heavy atom. The fraction of sp³-hybridized carbons (Fsp3) is 0.364. The van der Waals surface area contributed by atoms with Crippen LogP contribution in [-0.4, -0.2) is 26.6 Å². The van der Waals surface area contributed by atoms with Gasteiger partial charge in [0.1, 0.15) is 5.75 Å². The van der Waals surface area contributed by atoms with Crippen LogP contribution in [0, 0.1) is 6.92 Å². The third-order valence-electron chi connectivity index (χ3n) is 2.04. The number of hydrogen-bond donors (Lipinski definition) is 2. The number of carbonyl (C=O) groups excluding carboxylic acids is 1. The zero-order valence-electron chi connectivity index (χ0n) is 9.66. The van der Waals surface area contributed by atoms with E-state index in [1.165, 1.54) is 0 Å². The molecule has 2 N–H and O–H groups in total. The molecule has 0 bridgehead atoms. The minimum atomic E-state index is -0.0502. The summed E-state index contributed by atoms with van der Waals surface area (Å²) in [5, 5.41) is 5.60. The number of anilines is 1. The summed E-state index contributed by atoms with van der Waals surface area (Å²) in [5.41, 5.74) is 1.80. The molecule has 1 rings (SSSR count). The van der Waals surface area contributed by atoms with Crippen LogP contribution in [0.25, 0.3) is 0 Å². The number of halogens is 1. The quantitative estimate of drug-likeness (QED) is 0.846. The standard InChI is InChI=1S/C11H16N2O2.ClH/c1-8-6-9(15-3)4-5-10(8)13-11(14)7-12-2;/h4-6,12H,7H2,1-3H3,(H,13,14);1H. The number of methoxy groups -OCH3 is 1. The summed E-state index contributed by atoms with van der Waals surface area (Å²) in [6, 6.07) is 5.54. The van der Waals surface area contributed by atoms with Crippen molar-refractivity contribution in [3.05, 3.63) is 23.8 Å². The Morgan fingerprint density at radius 3 is 2.62 bits per heavy atom. The Balaban J connectivity index is 0.00000225. The number of amides is 1. The van der Waals surface area contributed by atoms with Gasteiger partial charge >= 0.3 is 0 Å². The van der Waals surface area contributed by atoms with Gasteiger partial charge in [-0.25, -0.2) is 0 Å². The molecule has 0 unspecified atom stereocenters. The molecule has 1 amide bonds. The van der Waals surface area contributed by atoms with Gasteiger partial charge in [0.15, 0.2) is 0 Å². The Morgan fingerprint density at radius 1 is 1.44 bits per heavy atom. The van der Waals surface area contributed by atoms with Crippen molar-refractivity contribution in [2.45, 2.75) is 6.92 Å².